The summed E-state index contributed by atoms with van der Waals surface area (Å²) < 4.78 is 13.0. The van der Waals surface area contributed by atoms with Crippen molar-refractivity contribution in [2.24, 2.45) is 0 Å². The smallest absolute Gasteiger partial charge is 0.295 e. The van der Waals surface area contributed by atoms with Crippen molar-refractivity contribution < 1.29 is 9.51 Å². The highest BCUT2D eigenvalue weighted by molar-refractivity contribution is 6.28. The minimum Gasteiger partial charge on any atom is -0.319 e. The van der Waals surface area contributed by atoms with Gasteiger partial charge in [-0.2, -0.15) is 4.98 Å². The number of aromatic amines is 1. The number of nitrogens with zero attached hydrogens (tertiary/aromatic N) is 2. The lowest BCUT2D eigenvalue weighted by Gasteiger charge is -2.25. The van der Waals surface area contributed by atoms with Crippen LogP contribution in [-0.2, 0) is 0 Å². The highest BCUT2D eigenvalue weighted by Crippen LogP contribution is 2.35. The van der Waals surface area contributed by atoms with E-state index in [2.05, 4.69) is 45.5 Å². The Hall–Kier alpha value is -2.25. The Bertz CT molecular complexity index is 866. The first kappa shape index (κ1) is 19.1. The number of allylic oxidation sites excluding steroid dienone is 2. The van der Waals surface area contributed by atoms with Crippen molar-refractivity contribution >= 4 is 28.8 Å². The van der Waals surface area contributed by atoms with E-state index in [0.29, 0.717) is 5.92 Å². The van der Waals surface area contributed by atoms with Crippen molar-refractivity contribution in [3.8, 4) is 0 Å². The van der Waals surface area contributed by atoms with Crippen LogP contribution in [0.5, 0.6) is 0 Å². The molecule has 2 aromatic rings. The van der Waals surface area contributed by atoms with E-state index in [1.54, 1.807) is 0 Å². The molecular formula is C20H25ClFN5O. The lowest BCUT2D eigenvalue weighted by atomic mass is 9.86. The van der Waals surface area contributed by atoms with Gasteiger partial charge in [-0.3, -0.25) is 9.51 Å². The van der Waals surface area contributed by atoms with Crippen LogP contribution in [0.4, 0.5) is 10.4 Å². The summed E-state index contributed by atoms with van der Waals surface area (Å²) in [6.07, 6.45) is 9.17. The second-order valence-corrected chi connectivity index (χ2v) is 7.57. The van der Waals surface area contributed by atoms with Gasteiger partial charge in [0.05, 0.1) is 0 Å². The summed E-state index contributed by atoms with van der Waals surface area (Å²) in [5, 5.41) is 12.8. The fourth-order valence-corrected chi connectivity index (χ4v) is 4.07. The predicted octanol–water partition coefficient (Wildman–Crippen LogP) is 4.29. The van der Waals surface area contributed by atoms with Crippen LogP contribution in [0, 0.1) is 0 Å². The number of rotatable bonds is 4. The molecule has 0 spiro atoms. The van der Waals surface area contributed by atoms with Gasteiger partial charge in [-0.1, -0.05) is 12.1 Å². The molecule has 0 bridgehead atoms. The lowest BCUT2D eigenvalue weighted by molar-refractivity contribution is 0.101. The summed E-state index contributed by atoms with van der Waals surface area (Å²) in [4.78, 5) is 16.4. The zero-order chi connectivity index (χ0) is 20.6. The number of carbonyl (C=O) groups excluding carboxylic acids is 1. The van der Waals surface area contributed by atoms with Crippen molar-refractivity contribution in [1.29, 1.82) is 1.45 Å². The zero-order valence-electron chi connectivity index (χ0n) is 16.6. The maximum absolute atomic E-state index is 12.5. The van der Waals surface area contributed by atoms with Crippen LogP contribution in [0.2, 0.25) is 5.28 Å². The van der Waals surface area contributed by atoms with Gasteiger partial charge in [0.25, 0.3) is 7.36 Å². The van der Waals surface area contributed by atoms with E-state index in [-0.39, 0.29) is 17.0 Å². The van der Waals surface area contributed by atoms with Crippen molar-refractivity contribution in [1.82, 2.24) is 20.5 Å². The second-order valence-electron chi connectivity index (χ2n) is 7.21. The molecule has 1 aromatic heterocycles. The molecule has 0 unspecified atom stereocenters. The molecule has 0 atom stereocenters. The summed E-state index contributed by atoms with van der Waals surface area (Å²) in [6.45, 7) is 2.12. The van der Waals surface area contributed by atoms with Crippen molar-refractivity contribution in [2.45, 2.75) is 44.4 Å². The molecule has 1 aliphatic heterocycles. The molecule has 150 valence electrons. The number of amides is 1. The molecule has 3 N–H and O–H groups in total. The van der Waals surface area contributed by atoms with Gasteiger partial charge in [-0.05, 0) is 92.4 Å². The van der Waals surface area contributed by atoms with Crippen LogP contribution in [-0.4, -0.2) is 35.6 Å². The third-order valence-electron chi connectivity index (χ3n) is 5.40. The van der Waals surface area contributed by atoms with Crippen LogP contribution >= 0.6 is 11.6 Å². The Labute approximate surface area is 170 Å². The maximum Gasteiger partial charge on any atom is 0.295 e. The van der Waals surface area contributed by atoms with Crippen LogP contribution in [0.15, 0.2) is 24.3 Å². The topological polar surface area (TPSA) is 82.7 Å². The standard InChI is InChI=1S/C20H24ClN5O.FH/c21-20-24-18(25-26-20)19(27)23-17-7-6-15(13-8-10-22-11-9-13)12-16(17)14-4-2-1-3-5-14;/h4,6-7,12-13,22H,1-3,5,8-11H2,(H,23,27)(H,24,25,26);1H/i/hT. The van der Waals surface area contributed by atoms with Gasteiger partial charge in [0, 0.05) is 11.3 Å². The third kappa shape index (κ3) is 4.59. The molecule has 1 aliphatic carbocycles. The van der Waals surface area contributed by atoms with E-state index in [9.17, 15) is 4.79 Å². The second kappa shape index (κ2) is 9.30. The zero-order valence-corrected chi connectivity index (χ0v) is 16.4. The number of hydrogen-bond donors (Lipinski definition) is 3. The average molecular weight is 408 g/mol. The fraction of sp³-hybridized carbons (Fsp3) is 0.450. The van der Waals surface area contributed by atoms with Gasteiger partial charge in [-0.25, -0.2) is 5.10 Å². The molecule has 0 saturated carbocycles. The molecule has 6 nitrogen and oxygen atoms in total. The molecular weight excluding hydrogens is 381 g/mol. The Kier molecular flexibility index (Phi) is 6.34. The van der Waals surface area contributed by atoms with Crippen molar-refractivity contribution in [3.05, 3.63) is 46.5 Å². The number of halogens is 2. The summed E-state index contributed by atoms with van der Waals surface area (Å²) in [7, 11) is 0. The van der Waals surface area contributed by atoms with Gasteiger partial charge in [0.1, 0.15) is 0 Å². The number of hydrogen-bond acceptors (Lipinski definition) is 4. The number of nitrogens with one attached hydrogen (secondary N) is 3. The first-order valence-corrected chi connectivity index (χ1v) is 10.0. The van der Waals surface area contributed by atoms with Gasteiger partial charge < -0.3 is 10.6 Å². The Balaban J connectivity index is 0.00000117. The first-order valence-electron chi connectivity index (χ1n) is 10.0. The van der Waals surface area contributed by atoms with Crippen LogP contribution in [0.25, 0.3) is 5.57 Å². The van der Waals surface area contributed by atoms with E-state index in [1.165, 1.54) is 24.0 Å². The number of anilines is 1. The molecule has 1 amide bonds. The number of benzene rings is 1. The highest BCUT2D eigenvalue weighted by Gasteiger charge is 2.20. The van der Waals surface area contributed by atoms with Crippen LogP contribution < -0.4 is 10.6 Å². The highest BCUT2D eigenvalue weighted by atomic mass is 35.5. The van der Waals surface area contributed by atoms with E-state index in [4.69, 9.17) is 16.3 Å². The van der Waals surface area contributed by atoms with Gasteiger partial charge in [-0.15, -0.1) is 5.10 Å². The Morgan fingerprint density at radius 1 is 1.29 bits per heavy atom. The van der Waals surface area contributed by atoms with E-state index in [0.717, 1.165) is 50.0 Å². The predicted molar refractivity (Wildman–Crippen MR) is 110 cm³/mol. The largest absolute Gasteiger partial charge is 0.319 e. The Morgan fingerprint density at radius 3 is 2.79 bits per heavy atom. The van der Waals surface area contributed by atoms with Gasteiger partial charge in [0.2, 0.25) is 11.1 Å². The van der Waals surface area contributed by atoms with Gasteiger partial charge >= 0.3 is 0 Å². The minimum atomic E-state index is -0.356. The number of carbonyl (C=O) groups is 1. The minimum absolute atomic E-state index is 0.0472. The van der Waals surface area contributed by atoms with Gasteiger partial charge in [0.15, 0.2) is 0 Å². The number of piperidine rings is 1. The molecule has 2 aliphatic rings. The number of H-pyrrole nitrogens is 1. The van der Waals surface area contributed by atoms with E-state index < -0.39 is 0 Å². The first-order chi connectivity index (χ1) is 14.2. The van der Waals surface area contributed by atoms with Crippen LogP contribution in [0.1, 0.15) is 66.2 Å². The van der Waals surface area contributed by atoms with Crippen LogP contribution in [0.3, 0.4) is 0 Å². The normalized spacial score (nSPS) is 17.8. The number of aromatic nitrogens is 3. The molecule has 1 saturated heterocycles. The Morgan fingerprint density at radius 2 is 2.11 bits per heavy atom. The monoisotopic (exact) mass is 407 g/mol. The quantitative estimate of drug-likeness (QED) is 0.706. The molecule has 28 heavy (non-hydrogen) atoms. The molecule has 1 aromatic carbocycles. The maximum atomic E-state index is 12.5. The van der Waals surface area contributed by atoms with E-state index in [1.807, 2.05) is 6.07 Å². The summed E-state index contributed by atoms with van der Waals surface area (Å²) in [5.74, 6) is 0.266. The summed E-state index contributed by atoms with van der Waals surface area (Å²) in [6, 6.07) is 6.44. The van der Waals surface area contributed by atoms with E-state index >= 15 is 0 Å². The summed E-state index contributed by atoms with van der Waals surface area (Å²) >= 11 is 5.74. The SMILES string of the molecule is O=C(Nc1ccc(C2CCNCC2)cc1C1=CCCCC1)c1n[nH]c(Cl)n1.[3H]F. The molecule has 0 radical (unpaired) electrons. The lowest BCUT2D eigenvalue weighted by Crippen LogP contribution is -2.26. The van der Waals surface area contributed by atoms with Crippen molar-refractivity contribution in [2.75, 3.05) is 18.4 Å². The molecule has 1 fully saturated rings. The summed E-state index contributed by atoms with van der Waals surface area (Å²) in [5.41, 5.74) is 4.62. The molecule has 2 heterocycles. The average Bonchev–Trinajstić information content (AvgIpc) is 3.23. The van der Waals surface area contributed by atoms with Crippen molar-refractivity contribution in [3.63, 3.8) is 0 Å². The fourth-order valence-electron chi connectivity index (χ4n) is 3.95. The molecule has 4 rings (SSSR count). The third-order valence-corrected chi connectivity index (χ3v) is 5.57. The molecule has 8 heteroatoms.